The minimum absolute atomic E-state index is 0.0564. The van der Waals surface area contributed by atoms with Crippen molar-refractivity contribution in [3.63, 3.8) is 0 Å². The zero-order valence-electron chi connectivity index (χ0n) is 18.1. The Kier molecular flexibility index (Phi) is 9.81. The van der Waals surface area contributed by atoms with Gasteiger partial charge in [0.25, 0.3) is 0 Å². The van der Waals surface area contributed by atoms with Gasteiger partial charge in [0.15, 0.2) is 6.29 Å². The Morgan fingerprint density at radius 1 is 1.06 bits per heavy atom. The van der Waals surface area contributed by atoms with Crippen molar-refractivity contribution >= 4 is 29.9 Å². The molecule has 0 radical (unpaired) electrons. The maximum atomic E-state index is 12.6. The van der Waals surface area contributed by atoms with Crippen LogP contribution in [0.25, 0.3) is 0 Å². The first-order valence-electron chi connectivity index (χ1n) is 9.89. The van der Waals surface area contributed by atoms with Crippen LogP contribution >= 0.6 is 0 Å². The van der Waals surface area contributed by atoms with E-state index in [-0.39, 0.29) is 23.7 Å². The lowest BCUT2D eigenvalue weighted by molar-refractivity contribution is -0.134. The highest BCUT2D eigenvalue weighted by molar-refractivity contribution is 5.99. The molecule has 4 amide bonds. The van der Waals surface area contributed by atoms with Gasteiger partial charge in [-0.2, -0.15) is 0 Å². The van der Waals surface area contributed by atoms with Crippen molar-refractivity contribution in [2.45, 2.75) is 58.7 Å². The van der Waals surface area contributed by atoms with E-state index in [1.807, 2.05) is 13.8 Å². The SMILES string of the molecule is CC(=O)NC(=O)C(C)NC(=O)[C@H](CC(C)C)NC(=O)[C@@H](N)Cc1ccc(O)c(C=O)c1. The van der Waals surface area contributed by atoms with Gasteiger partial charge in [-0.1, -0.05) is 19.9 Å². The molecule has 1 aromatic carbocycles. The van der Waals surface area contributed by atoms with Crippen LogP contribution in [0.1, 0.15) is 50.0 Å². The molecule has 6 N–H and O–H groups in total. The number of hydrogen-bond donors (Lipinski definition) is 5. The Morgan fingerprint density at radius 3 is 2.26 bits per heavy atom. The van der Waals surface area contributed by atoms with Gasteiger partial charge in [0.2, 0.25) is 23.6 Å². The summed E-state index contributed by atoms with van der Waals surface area (Å²) in [7, 11) is 0. The Bertz CT molecular complexity index is 839. The van der Waals surface area contributed by atoms with Crippen LogP contribution in [-0.2, 0) is 25.6 Å². The number of nitrogens with two attached hydrogens (primary N) is 1. The number of amides is 4. The fourth-order valence-corrected chi connectivity index (χ4v) is 2.81. The molecule has 0 aliphatic rings. The van der Waals surface area contributed by atoms with Crippen molar-refractivity contribution in [1.82, 2.24) is 16.0 Å². The largest absolute Gasteiger partial charge is 0.507 e. The summed E-state index contributed by atoms with van der Waals surface area (Å²) in [6.45, 7) is 6.35. The normalized spacial score (nSPS) is 13.6. The molecule has 0 bridgehead atoms. The van der Waals surface area contributed by atoms with Gasteiger partial charge in [-0.25, -0.2) is 0 Å². The van der Waals surface area contributed by atoms with Crippen LogP contribution in [0.5, 0.6) is 5.75 Å². The molecule has 10 heteroatoms. The quantitative estimate of drug-likeness (QED) is 0.317. The molecular weight excluding hydrogens is 404 g/mol. The highest BCUT2D eigenvalue weighted by atomic mass is 16.3. The average Bonchev–Trinajstić information content (AvgIpc) is 2.67. The van der Waals surface area contributed by atoms with Crippen molar-refractivity contribution in [1.29, 1.82) is 0 Å². The molecule has 0 saturated heterocycles. The summed E-state index contributed by atoms with van der Waals surface area (Å²) in [5.74, 6) is -2.48. The molecule has 1 unspecified atom stereocenters. The van der Waals surface area contributed by atoms with E-state index in [2.05, 4.69) is 16.0 Å². The molecule has 0 heterocycles. The fourth-order valence-electron chi connectivity index (χ4n) is 2.81. The molecule has 0 spiro atoms. The topological polar surface area (TPSA) is 168 Å². The third-order valence-electron chi connectivity index (χ3n) is 4.40. The summed E-state index contributed by atoms with van der Waals surface area (Å²) in [5.41, 5.74) is 6.62. The fraction of sp³-hybridized carbons (Fsp3) is 0.476. The highest BCUT2D eigenvalue weighted by Crippen LogP contribution is 2.17. The van der Waals surface area contributed by atoms with Crippen LogP contribution in [0.4, 0.5) is 0 Å². The van der Waals surface area contributed by atoms with E-state index in [0.717, 1.165) is 0 Å². The first-order chi connectivity index (χ1) is 14.4. The summed E-state index contributed by atoms with van der Waals surface area (Å²) < 4.78 is 0. The Hall–Kier alpha value is -3.27. The zero-order chi connectivity index (χ0) is 23.7. The minimum Gasteiger partial charge on any atom is -0.507 e. The summed E-state index contributed by atoms with van der Waals surface area (Å²) in [6, 6.07) is 1.40. The third-order valence-corrected chi connectivity index (χ3v) is 4.40. The number of hydrogen-bond acceptors (Lipinski definition) is 7. The molecule has 1 aromatic rings. The lowest BCUT2D eigenvalue weighted by Crippen LogP contribution is -2.55. The van der Waals surface area contributed by atoms with Crippen LogP contribution in [-0.4, -0.2) is 53.1 Å². The van der Waals surface area contributed by atoms with E-state index in [1.165, 1.54) is 26.0 Å². The van der Waals surface area contributed by atoms with Crippen LogP contribution < -0.4 is 21.7 Å². The number of rotatable bonds is 10. The minimum atomic E-state index is -1.01. The molecule has 1 rings (SSSR count). The van der Waals surface area contributed by atoms with Gasteiger partial charge in [0.1, 0.15) is 17.8 Å². The number of aldehydes is 1. The summed E-state index contributed by atoms with van der Waals surface area (Å²) in [6.07, 6.45) is 0.886. The average molecular weight is 434 g/mol. The highest BCUT2D eigenvalue weighted by Gasteiger charge is 2.27. The molecule has 31 heavy (non-hydrogen) atoms. The van der Waals surface area contributed by atoms with Crippen molar-refractivity contribution < 1.29 is 29.1 Å². The Morgan fingerprint density at radius 2 is 1.71 bits per heavy atom. The molecule has 0 aromatic heterocycles. The number of carbonyl (C=O) groups excluding carboxylic acids is 5. The maximum absolute atomic E-state index is 12.6. The second-order valence-corrected chi connectivity index (χ2v) is 7.79. The summed E-state index contributed by atoms with van der Waals surface area (Å²) in [4.78, 5) is 59.0. The van der Waals surface area contributed by atoms with Crippen molar-refractivity contribution in [2.75, 3.05) is 0 Å². The molecule has 0 aliphatic carbocycles. The lowest BCUT2D eigenvalue weighted by atomic mass is 10.0. The number of benzene rings is 1. The standard InChI is InChI=1S/C21H30N4O6/c1-11(2)7-17(21(31)23-12(3)19(29)24-13(4)27)25-20(30)16(22)9-14-5-6-18(28)15(8-14)10-26/h5-6,8,10-12,16-17,28H,7,9,22H2,1-4H3,(H,23,31)(H,25,30)(H,24,27,29)/t12?,16-,17-/m0/s1. The monoisotopic (exact) mass is 434 g/mol. The van der Waals surface area contributed by atoms with E-state index in [0.29, 0.717) is 18.3 Å². The van der Waals surface area contributed by atoms with E-state index in [9.17, 15) is 29.1 Å². The molecule has 0 aliphatic heterocycles. The van der Waals surface area contributed by atoms with Gasteiger partial charge in [-0.3, -0.25) is 29.3 Å². The van der Waals surface area contributed by atoms with Gasteiger partial charge < -0.3 is 21.5 Å². The van der Waals surface area contributed by atoms with Gasteiger partial charge in [0, 0.05) is 6.92 Å². The number of phenols is 1. The molecule has 3 atom stereocenters. The second kappa shape index (κ2) is 11.8. The number of imide groups is 1. The van der Waals surface area contributed by atoms with Gasteiger partial charge in [0.05, 0.1) is 11.6 Å². The Balaban J connectivity index is 2.82. The lowest BCUT2D eigenvalue weighted by Gasteiger charge is -2.23. The molecule has 10 nitrogen and oxygen atoms in total. The van der Waals surface area contributed by atoms with E-state index in [4.69, 9.17) is 5.73 Å². The van der Waals surface area contributed by atoms with E-state index < -0.39 is 41.8 Å². The Labute approximate surface area is 180 Å². The van der Waals surface area contributed by atoms with Gasteiger partial charge in [-0.05, 0) is 43.4 Å². The van der Waals surface area contributed by atoms with Crippen LogP contribution in [0.15, 0.2) is 18.2 Å². The zero-order valence-corrected chi connectivity index (χ0v) is 18.1. The maximum Gasteiger partial charge on any atom is 0.248 e. The van der Waals surface area contributed by atoms with E-state index in [1.54, 1.807) is 6.07 Å². The smallest absolute Gasteiger partial charge is 0.248 e. The van der Waals surface area contributed by atoms with Crippen LogP contribution in [0, 0.1) is 5.92 Å². The summed E-state index contributed by atoms with van der Waals surface area (Å²) >= 11 is 0. The van der Waals surface area contributed by atoms with Gasteiger partial charge >= 0.3 is 0 Å². The number of phenolic OH excluding ortho intramolecular Hbond substituents is 1. The van der Waals surface area contributed by atoms with Gasteiger partial charge in [-0.15, -0.1) is 0 Å². The molecule has 0 fully saturated rings. The van der Waals surface area contributed by atoms with Crippen LogP contribution in [0.2, 0.25) is 0 Å². The number of nitrogens with one attached hydrogen (secondary N) is 3. The first-order valence-corrected chi connectivity index (χ1v) is 9.89. The summed E-state index contributed by atoms with van der Waals surface area (Å²) in [5, 5.41) is 16.7. The first kappa shape index (κ1) is 25.8. The molecule has 0 saturated carbocycles. The third kappa shape index (κ3) is 8.55. The molecule has 170 valence electrons. The molecular formula is C21H30N4O6. The number of carbonyl (C=O) groups is 5. The predicted octanol–water partition coefficient (Wildman–Crippen LogP) is -0.227. The van der Waals surface area contributed by atoms with Crippen molar-refractivity contribution in [2.24, 2.45) is 11.7 Å². The number of aromatic hydroxyl groups is 1. The van der Waals surface area contributed by atoms with E-state index >= 15 is 0 Å². The van der Waals surface area contributed by atoms with Crippen molar-refractivity contribution in [3.05, 3.63) is 29.3 Å². The van der Waals surface area contributed by atoms with Crippen LogP contribution in [0.3, 0.4) is 0 Å². The predicted molar refractivity (Wildman–Crippen MR) is 113 cm³/mol. The van der Waals surface area contributed by atoms with Crippen molar-refractivity contribution in [3.8, 4) is 5.75 Å². The second-order valence-electron chi connectivity index (χ2n) is 7.79.